The molecule has 3 N–H and O–H groups in total. The lowest BCUT2D eigenvalue weighted by Crippen LogP contribution is -2.28. The highest BCUT2D eigenvalue weighted by Crippen LogP contribution is 2.22. The van der Waals surface area contributed by atoms with E-state index in [0.29, 0.717) is 6.54 Å². The minimum absolute atomic E-state index is 0.0907. The Hall–Kier alpha value is -2.20. The van der Waals surface area contributed by atoms with Gasteiger partial charge < -0.3 is 11.1 Å². The number of nitrogens with two attached hydrogens (primary N) is 1. The van der Waals surface area contributed by atoms with E-state index in [0.717, 1.165) is 6.42 Å². The standard InChI is InChI=1S/C10H13N5O2/c1-2-8(12)6-14-10-9(15(16)17)3-7(4-11)5-13-10/h3,5,8H,2,6,12H2,1H3,(H,13,14). The zero-order valence-electron chi connectivity index (χ0n) is 9.38. The van der Waals surface area contributed by atoms with Gasteiger partial charge in [-0.1, -0.05) is 6.92 Å². The molecule has 0 saturated carbocycles. The number of pyridine rings is 1. The first-order valence-corrected chi connectivity index (χ1v) is 5.12. The zero-order chi connectivity index (χ0) is 12.8. The summed E-state index contributed by atoms with van der Waals surface area (Å²) >= 11 is 0. The molecule has 1 aromatic rings. The maximum absolute atomic E-state index is 10.8. The van der Waals surface area contributed by atoms with Crippen LogP contribution in [0.5, 0.6) is 0 Å². The first-order valence-electron chi connectivity index (χ1n) is 5.12. The van der Waals surface area contributed by atoms with Crippen LogP contribution in [0.15, 0.2) is 12.3 Å². The molecule has 7 heteroatoms. The molecular weight excluding hydrogens is 222 g/mol. The molecule has 0 spiro atoms. The number of aromatic nitrogens is 1. The smallest absolute Gasteiger partial charge is 0.312 e. The molecule has 0 aliphatic rings. The summed E-state index contributed by atoms with van der Waals surface area (Å²) in [7, 11) is 0. The molecule has 17 heavy (non-hydrogen) atoms. The van der Waals surface area contributed by atoms with Crippen molar-refractivity contribution in [2.45, 2.75) is 19.4 Å². The lowest BCUT2D eigenvalue weighted by molar-refractivity contribution is -0.384. The Bertz CT molecular complexity index is 454. The number of hydrogen-bond acceptors (Lipinski definition) is 6. The number of anilines is 1. The van der Waals surface area contributed by atoms with E-state index in [2.05, 4.69) is 10.3 Å². The molecular formula is C10H13N5O2. The SMILES string of the molecule is CCC(N)CNc1ncc(C#N)cc1[N+](=O)[O-]. The number of rotatable bonds is 5. The van der Waals surface area contributed by atoms with Gasteiger partial charge in [0.2, 0.25) is 5.82 Å². The summed E-state index contributed by atoms with van der Waals surface area (Å²) in [5, 5.41) is 22.2. The van der Waals surface area contributed by atoms with Crippen molar-refractivity contribution in [1.29, 1.82) is 5.26 Å². The quantitative estimate of drug-likeness (QED) is 0.580. The van der Waals surface area contributed by atoms with E-state index in [1.165, 1.54) is 12.3 Å². The summed E-state index contributed by atoms with van der Waals surface area (Å²) in [5.41, 5.74) is 5.63. The fraction of sp³-hybridized carbons (Fsp3) is 0.400. The maximum Gasteiger partial charge on any atom is 0.312 e. The van der Waals surface area contributed by atoms with E-state index < -0.39 is 4.92 Å². The molecule has 0 bridgehead atoms. The van der Waals surface area contributed by atoms with Crippen molar-refractivity contribution in [3.8, 4) is 6.07 Å². The minimum atomic E-state index is -0.576. The molecule has 0 saturated heterocycles. The average molecular weight is 235 g/mol. The molecule has 0 radical (unpaired) electrons. The van der Waals surface area contributed by atoms with Crippen molar-refractivity contribution in [2.75, 3.05) is 11.9 Å². The van der Waals surface area contributed by atoms with Crippen LogP contribution in [-0.2, 0) is 0 Å². The lowest BCUT2D eigenvalue weighted by atomic mass is 10.2. The molecule has 0 amide bonds. The van der Waals surface area contributed by atoms with Gasteiger partial charge in [0.1, 0.15) is 6.07 Å². The monoisotopic (exact) mass is 235 g/mol. The van der Waals surface area contributed by atoms with Gasteiger partial charge in [-0.2, -0.15) is 5.26 Å². The molecule has 0 aromatic carbocycles. The van der Waals surface area contributed by atoms with Crippen LogP contribution in [0.3, 0.4) is 0 Å². The van der Waals surface area contributed by atoms with Crippen molar-refractivity contribution in [3.05, 3.63) is 27.9 Å². The molecule has 1 atom stereocenters. The largest absolute Gasteiger partial charge is 0.363 e. The maximum atomic E-state index is 10.8. The highest BCUT2D eigenvalue weighted by Gasteiger charge is 2.16. The van der Waals surface area contributed by atoms with E-state index in [1.54, 1.807) is 6.07 Å². The topological polar surface area (TPSA) is 118 Å². The Morgan fingerprint density at radius 3 is 3.00 bits per heavy atom. The van der Waals surface area contributed by atoms with Crippen molar-refractivity contribution in [1.82, 2.24) is 4.98 Å². The second-order valence-corrected chi connectivity index (χ2v) is 3.51. The summed E-state index contributed by atoms with van der Waals surface area (Å²) in [6.07, 6.45) is 2.05. The van der Waals surface area contributed by atoms with Gasteiger partial charge in [0.15, 0.2) is 0 Å². The molecule has 1 unspecified atom stereocenters. The van der Waals surface area contributed by atoms with Gasteiger partial charge in [-0.3, -0.25) is 10.1 Å². The molecule has 0 fully saturated rings. The van der Waals surface area contributed by atoms with Crippen molar-refractivity contribution < 1.29 is 4.92 Å². The normalized spacial score (nSPS) is 11.6. The Kier molecular flexibility index (Phi) is 4.37. The number of nitriles is 1. The van der Waals surface area contributed by atoms with Gasteiger partial charge in [-0.15, -0.1) is 0 Å². The van der Waals surface area contributed by atoms with Gasteiger partial charge in [0.05, 0.1) is 10.5 Å². The summed E-state index contributed by atoms with van der Waals surface area (Å²) in [4.78, 5) is 14.1. The first kappa shape index (κ1) is 12.9. The third-order valence-corrected chi connectivity index (χ3v) is 2.25. The summed E-state index contributed by atoms with van der Waals surface area (Å²) < 4.78 is 0. The number of hydrogen-bond donors (Lipinski definition) is 2. The van der Waals surface area contributed by atoms with Gasteiger partial charge in [-0.05, 0) is 6.42 Å². The minimum Gasteiger partial charge on any atom is -0.363 e. The molecule has 0 aliphatic heterocycles. The summed E-state index contributed by atoms with van der Waals surface area (Å²) in [5.74, 6) is 0.137. The number of nitrogens with one attached hydrogen (secondary N) is 1. The molecule has 7 nitrogen and oxygen atoms in total. The van der Waals surface area contributed by atoms with E-state index in [4.69, 9.17) is 11.0 Å². The van der Waals surface area contributed by atoms with Crippen molar-refractivity contribution in [2.24, 2.45) is 5.73 Å². The average Bonchev–Trinajstić information content (AvgIpc) is 2.35. The first-order chi connectivity index (χ1) is 8.08. The van der Waals surface area contributed by atoms with Crippen LogP contribution >= 0.6 is 0 Å². The summed E-state index contributed by atoms with van der Waals surface area (Å²) in [6.45, 7) is 2.32. The van der Waals surface area contributed by atoms with Gasteiger partial charge in [0.25, 0.3) is 0 Å². The fourth-order valence-corrected chi connectivity index (χ4v) is 1.16. The van der Waals surface area contributed by atoms with Gasteiger partial charge in [-0.25, -0.2) is 4.98 Å². The second kappa shape index (κ2) is 5.77. The third kappa shape index (κ3) is 3.39. The van der Waals surface area contributed by atoms with E-state index >= 15 is 0 Å². The molecule has 0 aliphatic carbocycles. The zero-order valence-corrected chi connectivity index (χ0v) is 9.38. The van der Waals surface area contributed by atoms with Crippen LogP contribution in [-0.4, -0.2) is 22.5 Å². The van der Waals surface area contributed by atoms with Crippen LogP contribution in [0.4, 0.5) is 11.5 Å². The Labute approximate surface area is 98.4 Å². The van der Waals surface area contributed by atoms with E-state index in [-0.39, 0.29) is 23.1 Å². The Balaban J connectivity index is 2.92. The lowest BCUT2D eigenvalue weighted by Gasteiger charge is -2.10. The highest BCUT2D eigenvalue weighted by atomic mass is 16.6. The molecule has 90 valence electrons. The van der Waals surface area contributed by atoms with Crippen molar-refractivity contribution >= 4 is 11.5 Å². The predicted molar refractivity (Wildman–Crippen MR) is 62.4 cm³/mol. The summed E-state index contributed by atoms with van der Waals surface area (Å²) in [6, 6.07) is 2.90. The highest BCUT2D eigenvalue weighted by molar-refractivity contribution is 5.58. The van der Waals surface area contributed by atoms with Gasteiger partial charge in [0, 0.05) is 24.8 Å². The fourth-order valence-electron chi connectivity index (χ4n) is 1.16. The Morgan fingerprint density at radius 2 is 2.47 bits per heavy atom. The van der Waals surface area contributed by atoms with Crippen LogP contribution in [0.25, 0.3) is 0 Å². The van der Waals surface area contributed by atoms with Crippen LogP contribution in [0, 0.1) is 21.4 Å². The van der Waals surface area contributed by atoms with Crippen molar-refractivity contribution in [3.63, 3.8) is 0 Å². The van der Waals surface area contributed by atoms with E-state index in [1.807, 2.05) is 6.92 Å². The number of nitro groups is 1. The molecule has 1 heterocycles. The van der Waals surface area contributed by atoms with Gasteiger partial charge >= 0.3 is 5.69 Å². The predicted octanol–water partition coefficient (Wildman–Crippen LogP) is 1.01. The molecule has 1 aromatic heterocycles. The van der Waals surface area contributed by atoms with Crippen LogP contribution in [0.1, 0.15) is 18.9 Å². The van der Waals surface area contributed by atoms with Crippen LogP contribution < -0.4 is 11.1 Å². The Morgan fingerprint density at radius 1 is 1.76 bits per heavy atom. The second-order valence-electron chi connectivity index (χ2n) is 3.51. The van der Waals surface area contributed by atoms with Crippen LogP contribution in [0.2, 0.25) is 0 Å². The third-order valence-electron chi connectivity index (χ3n) is 2.25. The molecule has 1 rings (SSSR count). The number of nitrogens with zero attached hydrogens (tertiary/aromatic N) is 3. The van der Waals surface area contributed by atoms with E-state index in [9.17, 15) is 10.1 Å².